The first-order chi connectivity index (χ1) is 27.8. The van der Waals surface area contributed by atoms with E-state index in [2.05, 4.69) is 143 Å². The molecule has 12 rings (SSSR count). The minimum absolute atomic E-state index is 0.625. The Morgan fingerprint density at radius 2 is 1.02 bits per heavy atom. The smallest absolute Gasteiger partial charge is 0.0545 e. The quantitative estimate of drug-likeness (QED) is 0.164. The number of hydrogen-bond donors (Lipinski definition) is 0. The topological polar surface area (TPSA) is 8.17 Å². The number of nitrogens with zero attached hydrogens (tertiary/aromatic N) is 2. The Bertz CT molecular complexity index is 2720. The number of aromatic nitrogens is 1. The molecule has 0 saturated heterocycles. The summed E-state index contributed by atoms with van der Waals surface area (Å²) in [7, 11) is 0. The predicted molar refractivity (Wildman–Crippen MR) is 238 cm³/mol. The van der Waals surface area contributed by atoms with Gasteiger partial charge in [-0.2, -0.15) is 0 Å². The number of rotatable bonds is 4. The number of benzene rings is 7. The molecule has 0 bridgehead atoms. The van der Waals surface area contributed by atoms with Crippen molar-refractivity contribution in [2.75, 3.05) is 4.90 Å². The van der Waals surface area contributed by atoms with E-state index in [9.17, 15) is 0 Å². The number of hydrogen-bond acceptors (Lipinski definition) is 1. The van der Waals surface area contributed by atoms with E-state index in [1.54, 1.807) is 16.8 Å². The van der Waals surface area contributed by atoms with Crippen LogP contribution in [0.3, 0.4) is 0 Å². The van der Waals surface area contributed by atoms with Crippen LogP contribution >= 0.6 is 0 Å². The molecule has 2 unspecified atom stereocenters. The van der Waals surface area contributed by atoms with Crippen LogP contribution in [0.1, 0.15) is 100 Å². The average Bonchev–Trinajstić information content (AvgIpc) is 3.80. The number of fused-ring (bicyclic) bond motifs is 13. The highest BCUT2D eigenvalue weighted by atomic mass is 15.2. The van der Waals surface area contributed by atoms with Crippen LogP contribution in [0.5, 0.6) is 0 Å². The molecule has 3 saturated carbocycles. The van der Waals surface area contributed by atoms with Gasteiger partial charge in [0.15, 0.2) is 0 Å². The Kier molecular flexibility index (Phi) is 7.84. The molecule has 2 heterocycles. The van der Waals surface area contributed by atoms with Crippen LogP contribution in [0.2, 0.25) is 0 Å². The van der Waals surface area contributed by atoms with Crippen LogP contribution in [-0.2, 0) is 0 Å². The van der Waals surface area contributed by atoms with Crippen LogP contribution in [0.25, 0.3) is 59.8 Å². The third-order valence-corrected chi connectivity index (χ3v) is 15.4. The van der Waals surface area contributed by atoms with Gasteiger partial charge in [0.2, 0.25) is 0 Å². The van der Waals surface area contributed by atoms with Gasteiger partial charge in [-0.3, -0.25) is 0 Å². The lowest BCUT2D eigenvalue weighted by atomic mass is 9.69. The van der Waals surface area contributed by atoms with Gasteiger partial charge < -0.3 is 9.47 Å². The summed E-state index contributed by atoms with van der Waals surface area (Å²) in [5.41, 5.74) is 8.77. The molecule has 56 heavy (non-hydrogen) atoms. The first kappa shape index (κ1) is 33.1. The maximum absolute atomic E-state index is 3.01. The van der Waals surface area contributed by atoms with E-state index >= 15 is 0 Å². The first-order valence-corrected chi connectivity index (χ1v) is 22.0. The molecule has 8 aromatic rings. The maximum atomic E-state index is 3.01. The minimum Gasteiger partial charge on any atom is -0.365 e. The lowest BCUT2D eigenvalue weighted by Gasteiger charge is -2.44. The van der Waals surface area contributed by atoms with Gasteiger partial charge in [-0.1, -0.05) is 116 Å². The second-order valence-corrected chi connectivity index (χ2v) is 18.0. The fourth-order valence-electron chi connectivity index (χ4n) is 12.9. The van der Waals surface area contributed by atoms with E-state index in [4.69, 9.17) is 0 Å². The number of para-hydroxylation sites is 1. The van der Waals surface area contributed by atoms with E-state index in [-0.39, 0.29) is 0 Å². The molecule has 2 atom stereocenters. The molecule has 1 aromatic heterocycles. The summed E-state index contributed by atoms with van der Waals surface area (Å²) in [6.45, 7) is 0. The molecule has 7 aromatic carbocycles. The molecule has 0 N–H and O–H groups in total. The largest absolute Gasteiger partial charge is 0.365 e. The first-order valence-electron chi connectivity index (χ1n) is 22.0. The Labute approximate surface area is 331 Å². The molecule has 4 aliphatic rings. The van der Waals surface area contributed by atoms with Gasteiger partial charge in [0.1, 0.15) is 0 Å². The molecule has 278 valence electrons. The molecule has 1 aliphatic heterocycles. The summed E-state index contributed by atoms with van der Waals surface area (Å²) >= 11 is 0. The van der Waals surface area contributed by atoms with E-state index in [0.29, 0.717) is 18.0 Å². The van der Waals surface area contributed by atoms with Crippen molar-refractivity contribution in [2.24, 2.45) is 11.8 Å². The summed E-state index contributed by atoms with van der Waals surface area (Å²) in [4.78, 5) is 3.01. The van der Waals surface area contributed by atoms with E-state index < -0.39 is 0 Å². The van der Waals surface area contributed by atoms with Crippen LogP contribution in [0, 0.1) is 11.8 Å². The van der Waals surface area contributed by atoms with Gasteiger partial charge in [-0.05, 0) is 156 Å². The van der Waals surface area contributed by atoms with Crippen molar-refractivity contribution in [3.63, 3.8) is 0 Å². The van der Waals surface area contributed by atoms with Crippen molar-refractivity contribution >= 4 is 59.8 Å². The highest BCUT2D eigenvalue weighted by Crippen LogP contribution is 2.55. The zero-order chi connectivity index (χ0) is 36.7. The van der Waals surface area contributed by atoms with Gasteiger partial charge in [0.05, 0.1) is 11.0 Å². The molecule has 0 radical (unpaired) electrons. The molecule has 0 amide bonds. The van der Waals surface area contributed by atoms with Gasteiger partial charge in [0, 0.05) is 40.1 Å². The van der Waals surface area contributed by atoms with Crippen molar-refractivity contribution in [1.82, 2.24) is 4.57 Å². The Morgan fingerprint density at radius 3 is 1.73 bits per heavy atom. The Hall–Kier alpha value is -5.08. The molecular formula is C54H52N2. The van der Waals surface area contributed by atoms with E-state index in [1.165, 1.54) is 137 Å². The number of anilines is 1. The predicted octanol–water partition coefficient (Wildman–Crippen LogP) is 14.6. The van der Waals surface area contributed by atoms with Crippen LogP contribution in [0.15, 0.2) is 133 Å². The molecule has 3 fully saturated rings. The molecule has 0 spiro atoms. The van der Waals surface area contributed by atoms with Gasteiger partial charge in [0.25, 0.3) is 0 Å². The molecule has 3 aliphatic carbocycles. The highest BCUT2D eigenvalue weighted by molar-refractivity contribution is 6.25. The summed E-state index contributed by atoms with van der Waals surface area (Å²) in [6.07, 6.45) is 16.6. The summed E-state index contributed by atoms with van der Waals surface area (Å²) in [5, 5.41) is 10.9. The molecule has 2 nitrogen and oxygen atoms in total. The molecular weight excluding hydrogens is 677 g/mol. The average molecular weight is 729 g/mol. The Balaban J connectivity index is 0.917. The monoisotopic (exact) mass is 728 g/mol. The van der Waals surface area contributed by atoms with Crippen LogP contribution < -0.4 is 4.90 Å². The normalized spacial score (nSPS) is 25.3. The van der Waals surface area contributed by atoms with Crippen LogP contribution in [0.4, 0.5) is 5.69 Å². The maximum Gasteiger partial charge on any atom is 0.0545 e. The zero-order valence-electron chi connectivity index (χ0n) is 32.5. The van der Waals surface area contributed by atoms with Crippen molar-refractivity contribution in [3.05, 3.63) is 145 Å². The lowest BCUT2D eigenvalue weighted by molar-refractivity contribution is 0.171. The van der Waals surface area contributed by atoms with Crippen molar-refractivity contribution in [2.45, 2.75) is 101 Å². The Morgan fingerprint density at radius 1 is 0.429 bits per heavy atom. The zero-order valence-corrected chi connectivity index (χ0v) is 32.5. The second-order valence-electron chi connectivity index (χ2n) is 18.0. The third kappa shape index (κ3) is 5.07. The second kappa shape index (κ2) is 13.3. The standard InChI is InChI=1S/C54H52N2/c1-2-12-35(13-3-1)36-22-24-37(25-23-36)38-26-28-39(29-27-38)55-49-20-10-8-18-46(49)53-51(55)32-33-52-54(53)47-19-9-11-21-50(47)56(52)40-30-31-45-43-16-5-4-14-41(43)42-15-6-7-17-44(42)48(45)34-40/h1-7,9,11-17,19,21,30-34,36-39,46,49H,8,10,18,20,22-29H2. The van der Waals surface area contributed by atoms with Crippen LogP contribution in [-0.4, -0.2) is 16.7 Å². The summed E-state index contributed by atoms with van der Waals surface area (Å²) in [6, 6.07) is 52.2. The highest BCUT2D eigenvalue weighted by Gasteiger charge is 2.45. The third-order valence-electron chi connectivity index (χ3n) is 15.4. The minimum atomic E-state index is 0.625. The van der Waals surface area contributed by atoms with E-state index in [1.807, 2.05) is 0 Å². The summed E-state index contributed by atoms with van der Waals surface area (Å²) in [5.74, 6) is 3.25. The van der Waals surface area contributed by atoms with Crippen molar-refractivity contribution in [1.29, 1.82) is 0 Å². The van der Waals surface area contributed by atoms with Crippen molar-refractivity contribution < 1.29 is 0 Å². The van der Waals surface area contributed by atoms with Gasteiger partial charge in [-0.25, -0.2) is 0 Å². The van der Waals surface area contributed by atoms with E-state index in [0.717, 1.165) is 17.8 Å². The fraction of sp³-hybridized carbons (Fsp3) is 0.333. The van der Waals surface area contributed by atoms with Gasteiger partial charge >= 0.3 is 0 Å². The van der Waals surface area contributed by atoms with Crippen molar-refractivity contribution in [3.8, 4) is 5.69 Å². The lowest BCUT2D eigenvalue weighted by Crippen LogP contribution is -2.45. The van der Waals surface area contributed by atoms with Gasteiger partial charge in [-0.15, -0.1) is 0 Å². The SMILES string of the molecule is c1ccc(C2CCC(C3CCC(N4c5ccc6c(c5C5CCCCC54)c4ccccc4n6-c4ccc5c6ccccc6c6ccccc6c5c4)CC3)CC2)cc1. The summed E-state index contributed by atoms with van der Waals surface area (Å²) < 4.78 is 2.59. The molecule has 2 heteroatoms. The fourth-order valence-corrected chi connectivity index (χ4v) is 12.9.